The smallest absolute Gasteiger partial charge is 0.355 e. The number of esters is 1. The van der Waals surface area contributed by atoms with Crippen molar-refractivity contribution in [1.29, 1.82) is 0 Å². The molecule has 2 N–H and O–H groups in total. The summed E-state index contributed by atoms with van der Waals surface area (Å²) in [7, 11) is 0. The number of carbonyl (C=O) groups excluding carboxylic acids is 1. The van der Waals surface area contributed by atoms with Gasteiger partial charge in [-0.15, -0.1) is 0 Å². The van der Waals surface area contributed by atoms with Gasteiger partial charge in [-0.2, -0.15) is 0 Å². The molecule has 0 saturated carbocycles. The van der Waals surface area contributed by atoms with Gasteiger partial charge in [0.25, 0.3) is 0 Å². The van der Waals surface area contributed by atoms with Crippen LogP contribution in [0.3, 0.4) is 0 Å². The summed E-state index contributed by atoms with van der Waals surface area (Å²) >= 11 is 3.32. The second kappa shape index (κ2) is 6.09. The van der Waals surface area contributed by atoms with Crippen molar-refractivity contribution in [2.24, 2.45) is 0 Å². The first-order valence-corrected chi connectivity index (χ1v) is 7.00. The number of nitrogens with zero attached hydrogens (tertiary/aromatic N) is 2. The highest BCUT2D eigenvalue weighted by atomic mass is 79.9. The van der Waals surface area contributed by atoms with Gasteiger partial charge < -0.3 is 15.0 Å². The SMILES string of the molecule is CC(C)n1cc(N)cc1C(=O)OCc1cncc(Br)c1. The lowest BCUT2D eigenvalue weighted by atomic mass is 10.3. The molecule has 0 fully saturated rings. The second-order valence-corrected chi connectivity index (χ2v) is 5.66. The van der Waals surface area contributed by atoms with Gasteiger partial charge in [-0.05, 0) is 41.9 Å². The molecule has 0 radical (unpaired) electrons. The van der Waals surface area contributed by atoms with Gasteiger partial charge in [-0.25, -0.2) is 4.79 Å². The van der Waals surface area contributed by atoms with Crippen LogP contribution >= 0.6 is 15.9 Å². The minimum atomic E-state index is -0.393. The molecule has 0 unspecified atom stereocenters. The molecule has 0 bridgehead atoms. The van der Waals surface area contributed by atoms with Crippen LogP contribution in [0.2, 0.25) is 0 Å². The maximum atomic E-state index is 12.1. The van der Waals surface area contributed by atoms with Crippen LogP contribution in [-0.2, 0) is 11.3 Å². The number of halogens is 1. The summed E-state index contributed by atoms with van der Waals surface area (Å²) in [6.07, 6.45) is 5.08. The van der Waals surface area contributed by atoms with Crippen LogP contribution < -0.4 is 5.73 Å². The van der Waals surface area contributed by atoms with Gasteiger partial charge >= 0.3 is 5.97 Å². The molecule has 2 heterocycles. The average Bonchev–Trinajstić information content (AvgIpc) is 2.78. The highest BCUT2D eigenvalue weighted by Gasteiger charge is 2.16. The number of hydrogen-bond acceptors (Lipinski definition) is 4. The Morgan fingerprint density at radius 2 is 2.20 bits per heavy atom. The van der Waals surface area contributed by atoms with Gasteiger partial charge in [-0.1, -0.05) is 0 Å². The fourth-order valence-electron chi connectivity index (χ4n) is 1.85. The fourth-order valence-corrected chi connectivity index (χ4v) is 2.26. The molecule has 0 amide bonds. The third kappa shape index (κ3) is 3.39. The Morgan fingerprint density at radius 1 is 1.45 bits per heavy atom. The van der Waals surface area contributed by atoms with E-state index in [0.29, 0.717) is 11.4 Å². The lowest BCUT2D eigenvalue weighted by molar-refractivity contribution is 0.0458. The van der Waals surface area contributed by atoms with E-state index in [2.05, 4.69) is 20.9 Å². The molecule has 0 aliphatic heterocycles. The minimum Gasteiger partial charge on any atom is -0.456 e. The molecule has 2 rings (SSSR count). The van der Waals surface area contributed by atoms with Crippen LogP contribution in [0.4, 0.5) is 5.69 Å². The number of anilines is 1. The van der Waals surface area contributed by atoms with Crippen molar-refractivity contribution in [3.63, 3.8) is 0 Å². The zero-order valence-corrected chi connectivity index (χ0v) is 12.9. The highest BCUT2D eigenvalue weighted by Crippen LogP contribution is 2.18. The van der Waals surface area contributed by atoms with Gasteiger partial charge in [0, 0.05) is 34.7 Å². The zero-order valence-electron chi connectivity index (χ0n) is 11.3. The number of ether oxygens (including phenoxy) is 1. The number of nitrogens with two attached hydrogens (primary N) is 1. The van der Waals surface area contributed by atoms with Crippen molar-refractivity contribution in [2.75, 3.05) is 5.73 Å². The van der Waals surface area contributed by atoms with E-state index >= 15 is 0 Å². The van der Waals surface area contributed by atoms with Crippen LogP contribution in [-0.4, -0.2) is 15.5 Å². The Bertz CT molecular complexity index is 623. The zero-order chi connectivity index (χ0) is 14.7. The average molecular weight is 338 g/mol. The van der Waals surface area contributed by atoms with Crippen LogP contribution in [0, 0.1) is 0 Å². The van der Waals surface area contributed by atoms with Crippen molar-refractivity contribution < 1.29 is 9.53 Å². The third-order valence-corrected chi connectivity index (χ3v) is 3.20. The van der Waals surface area contributed by atoms with Crippen LogP contribution in [0.5, 0.6) is 0 Å². The van der Waals surface area contributed by atoms with Crippen molar-refractivity contribution in [2.45, 2.75) is 26.5 Å². The molecule has 0 aromatic carbocycles. The number of pyridine rings is 1. The molecule has 2 aromatic rings. The normalized spacial score (nSPS) is 10.8. The first-order chi connectivity index (χ1) is 9.47. The number of hydrogen-bond donors (Lipinski definition) is 1. The van der Waals surface area contributed by atoms with Gasteiger partial charge in [0.1, 0.15) is 12.3 Å². The maximum absolute atomic E-state index is 12.1. The lowest BCUT2D eigenvalue weighted by Gasteiger charge is -2.12. The molecule has 0 atom stereocenters. The van der Waals surface area contributed by atoms with E-state index in [1.54, 1.807) is 29.2 Å². The molecular formula is C14H16BrN3O2. The molecule has 0 saturated heterocycles. The molecule has 0 spiro atoms. The molecular weight excluding hydrogens is 322 g/mol. The summed E-state index contributed by atoms with van der Waals surface area (Å²) in [4.78, 5) is 16.1. The maximum Gasteiger partial charge on any atom is 0.355 e. The van der Waals surface area contributed by atoms with Crippen molar-refractivity contribution in [3.8, 4) is 0 Å². The largest absolute Gasteiger partial charge is 0.456 e. The standard InChI is InChI=1S/C14H16BrN3O2/c1-9(2)18-7-12(16)4-13(18)14(19)20-8-10-3-11(15)6-17-5-10/h3-7,9H,8,16H2,1-2H3. The lowest BCUT2D eigenvalue weighted by Crippen LogP contribution is -2.13. The van der Waals surface area contributed by atoms with Crippen LogP contribution in [0.15, 0.2) is 35.2 Å². The molecule has 20 heavy (non-hydrogen) atoms. The van der Waals surface area contributed by atoms with Gasteiger partial charge in [-0.3, -0.25) is 4.98 Å². The molecule has 0 aliphatic rings. The summed E-state index contributed by atoms with van der Waals surface area (Å²) < 4.78 is 7.95. The predicted octanol–water partition coefficient (Wildman–Crippen LogP) is 3.17. The third-order valence-electron chi connectivity index (χ3n) is 2.77. The molecule has 0 aliphatic carbocycles. The van der Waals surface area contributed by atoms with Crippen LogP contribution in [0.1, 0.15) is 35.9 Å². The van der Waals surface area contributed by atoms with E-state index in [-0.39, 0.29) is 12.6 Å². The van der Waals surface area contributed by atoms with E-state index in [1.807, 2.05) is 19.9 Å². The number of aromatic nitrogens is 2. The van der Waals surface area contributed by atoms with Crippen molar-refractivity contribution >= 4 is 27.6 Å². The summed E-state index contributed by atoms with van der Waals surface area (Å²) in [5.41, 5.74) is 7.57. The van der Waals surface area contributed by atoms with Crippen molar-refractivity contribution in [3.05, 3.63) is 46.5 Å². The topological polar surface area (TPSA) is 70.1 Å². The summed E-state index contributed by atoms with van der Waals surface area (Å²) in [5, 5.41) is 0. The predicted molar refractivity (Wildman–Crippen MR) is 80.3 cm³/mol. The first kappa shape index (κ1) is 14.6. The van der Waals surface area contributed by atoms with Crippen molar-refractivity contribution in [1.82, 2.24) is 9.55 Å². The van der Waals surface area contributed by atoms with Gasteiger partial charge in [0.05, 0.1) is 5.69 Å². The van der Waals surface area contributed by atoms with E-state index < -0.39 is 5.97 Å². The summed E-state index contributed by atoms with van der Waals surface area (Å²) in [6.45, 7) is 4.14. The Morgan fingerprint density at radius 3 is 2.85 bits per heavy atom. The molecule has 2 aromatic heterocycles. The number of nitrogen functional groups attached to an aromatic ring is 1. The van der Waals surface area contributed by atoms with Gasteiger partial charge in [0.15, 0.2) is 0 Å². The Labute approximate surface area is 125 Å². The van der Waals surface area contributed by atoms with E-state index in [9.17, 15) is 4.79 Å². The monoisotopic (exact) mass is 337 g/mol. The fraction of sp³-hybridized carbons (Fsp3) is 0.286. The second-order valence-electron chi connectivity index (χ2n) is 4.75. The Hall–Kier alpha value is -1.82. The molecule has 106 valence electrons. The molecule has 6 heteroatoms. The number of carbonyl (C=O) groups is 1. The van der Waals surface area contributed by atoms with E-state index in [4.69, 9.17) is 10.5 Å². The quantitative estimate of drug-likeness (QED) is 0.870. The number of rotatable bonds is 4. The first-order valence-electron chi connectivity index (χ1n) is 6.21. The highest BCUT2D eigenvalue weighted by molar-refractivity contribution is 9.10. The van der Waals surface area contributed by atoms with E-state index in [1.165, 1.54) is 0 Å². The molecule has 5 nitrogen and oxygen atoms in total. The summed E-state index contributed by atoms with van der Waals surface area (Å²) in [6, 6.07) is 3.62. The van der Waals surface area contributed by atoms with Gasteiger partial charge in [0.2, 0.25) is 0 Å². The Balaban J connectivity index is 2.09. The summed E-state index contributed by atoms with van der Waals surface area (Å²) in [5.74, 6) is -0.393. The minimum absolute atomic E-state index is 0.141. The van der Waals surface area contributed by atoms with E-state index in [0.717, 1.165) is 10.0 Å². The van der Waals surface area contributed by atoms with Crippen LogP contribution in [0.25, 0.3) is 0 Å². The Kier molecular flexibility index (Phi) is 4.44.